The first-order valence-electron chi connectivity index (χ1n) is 8.55. The molecule has 0 radical (unpaired) electrons. The summed E-state index contributed by atoms with van der Waals surface area (Å²) in [5.41, 5.74) is 2.67. The molecule has 132 valence electrons. The highest BCUT2D eigenvalue weighted by atomic mass is 35.5. The van der Waals surface area contributed by atoms with Crippen molar-refractivity contribution in [1.82, 2.24) is 9.80 Å². The van der Waals surface area contributed by atoms with E-state index in [2.05, 4.69) is 36.1 Å². The van der Waals surface area contributed by atoms with Crippen LogP contribution in [0.5, 0.6) is 5.75 Å². The molecule has 25 heavy (non-hydrogen) atoms. The zero-order valence-electron chi connectivity index (χ0n) is 14.5. The number of rotatable bonds is 5. The number of hydrogen-bond acceptors (Lipinski definition) is 3. The van der Waals surface area contributed by atoms with Crippen molar-refractivity contribution in [3.05, 3.63) is 64.7 Å². The molecule has 0 saturated carbocycles. The van der Waals surface area contributed by atoms with Crippen LogP contribution in [-0.4, -0.2) is 48.5 Å². The van der Waals surface area contributed by atoms with Crippen LogP contribution in [0.15, 0.2) is 48.5 Å². The molecule has 1 fully saturated rings. The van der Waals surface area contributed by atoms with Crippen molar-refractivity contribution >= 4 is 17.5 Å². The van der Waals surface area contributed by atoms with Crippen LogP contribution in [0.1, 0.15) is 11.1 Å². The summed E-state index contributed by atoms with van der Waals surface area (Å²) >= 11 is 5.84. The lowest BCUT2D eigenvalue weighted by Gasteiger charge is -2.35. The quantitative estimate of drug-likeness (QED) is 0.821. The summed E-state index contributed by atoms with van der Waals surface area (Å²) in [6, 6.07) is 15.5. The van der Waals surface area contributed by atoms with Crippen LogP contribution in [0, 0.1) is 6.92 Å². The third kappa shape index (κ3) is 4.97. The number of ether oxygens (including phenoxy) is 1. The van der Waals surface area contributed by atoms with Gasteiger partial charge in [0.15, 0.2) is 6.61 Å². The number of amides is 1. The number of hydrogen-bond donors (Lipinski definition) is 0. The Balaban J connectivity index is 1.44. The molecule has 4 nitrogen and oxygen atoms in total. The van der Waals surface area contributed by atoms with Crippen LogP contribution in [0.25, 0.3) is 0 Å². The molecule has 0 aromatic heterocycles. The Kier molecular flexibility index (Phi) is 5.95. The van der Waals surface area contributed by atoms with E-state index in [1.807, 2.05) is 4.90 Å². The lowest BCUT2D eigenvalue weighted by atomic mass is 10.1. The highest BCUT2D eigenvalue weighted by Gasteiger charge is 2.21. The van der Waals surface area contributed by atoms with Crippen LogP contribution >= 0.6 is 11.6 Å². The van der Waals surface area contributed by atoms with Gasteiger partial charge in [-0.25, -0.2) is 0 Å². The minimum absolute atomic E-state index is 0.0329. The van der Waals surface area contributed by atoms with Gasteiger partial charge in [0, 0.05) is 37.7 Å². The van der Waals surface area contributed by atoms with Gasteiger partial charge in [-0.3, -0.25) is 9.69 Å². The minimum Gasteiger partial charge on any atom is -0.484 e. The average Bonchev–Trinajstić information content (AvgIpc) is 2.63. The lowest BCUT2D eigenvalue weighted by molar-refractivity contribution is -0.135. The van der Waals surface area contributed by atoms with Gasteiger partial charge in [0.1, 0.15) is 5.75 Å². The van der Waals surface area contributed by atoms with Gasteiger partial charge in [0.05, 0.1) is 0 Å². The number of halogens is 1. The Bertz CT molecular complexity index is 710. The fraction of sp³-hybridized carbons (Fsp3) is 0.350. The van der Waals surface area contributed by atoms with Crippen LogP contribution in [0.4, 0.5) is 0 Å². The molecule has 0 N–H and O–H groups in total. The molecule has 1 aliphatic heterocycles. The molecule has 3 rings (SSSR count). The lowest BCUT2D eigenvalue weighted by Crippen LogP contribution is -2.49. The van der Waals surface area contributed by atoms with Gasteiger partial charge < -0.3 is 9.64 Å². The topological polar surface area (TPSA) is 32.8 Å². The van der Waals surface area contributed by atoms with Crippen molar-refractivity contribution in [2.24, 2.45) is 0 Å². The summed E-state index contributed by atoms with van der Waals surface area (Å²) in [4.78, 5) is 16.6. The number of carbonyl (C=O) groups excluding carboxylic acids is 1. The maximum atomic E-state index is 12.3. The van der Waals surface area contributed by atoms with Gasteiger partial charge in [-0.15, -0.1) is 0 Å². The van der Waals surface area contributed by atoms with E-state index in [1.165, 1.54) is 11.1 Å². The molecule has 1 amide bonds. The van der Waals surface area contributed by atoms with Crippen molar-refractivity contribution in [3.8, 4) is 5.75 Å². The molecule has 0 atom stereocenters. The van der Waals surface area contributed by atoms with Crippen LogP contribution in [0.2, 0.25) is 5.02 Å². The molecule has 1 heterocycles. The molecule has 2 aromatic carbocycles. The molecule has 2 aromatic rings. The van der Waals surface area contributed by atoms with Crippen molar-refractivity contribution in [1.29, 1.82) is 0 Å². The first kappa shape index (κ1) is 17.8. The summed E-state index contributed by atoms with van der Waals surface area (Å²) in [6.07, 6.45) is 0. The highest BCUT2D eigenvalue weighted by Crippen LogP contribution is 2.16. The van der Waals surface area contributed by atoms with Gasteiger partial charge in [0.25, 0.3) is 5.91 Å². The van der Waals surface area contributed by atoms with Gasteiger partial charge in [-0.05, 0) is 42.3 Å². The zero-order chi connectivity index (χ0) is 17.6. The van der Waals surface area contributed by atoms with E-state index < -0.39 is 0 Å². The summed E-state index contributed by atoms with van der Waals surface area (Å²) in [5, 5.41) is 0.656. The Morgan fingerprint density at radius 3 is 2.40 bits per heavy atom. The second kappa shape index (κ2) is 8.37. The SMILES string of the molecule is Cc1ccccc1CN1CCN(C(=O)COc2ccc(Cl)cc2)CC1. The van der Waals surface area contributed by atoms with Crippen molar-refractivity contribution in [3.63, 3.8) is 0 Å². The predicted molar refractivity (Wildman–Crippen MR) is 100.0 cm³/mol. The van der Waals surface area contributed by atoms with E-state index in [-0.39, 0.29) is 12.5 Å². The number of carbonyl (C=O) groups is 1. The van der Waals surface area contributed by atoms with E-state index in [1.54, 1.807) is 24.3 Å². The summed E-state index contributed by atoms with van der Waals surface area (Å²) in [7, 11) is 0. The molecule has 1 aliphatic rings. The molecular formula is C20H23ClN2O2. The van der Waals surface area contributed by atoms with Crippen LogP contribution in [-0.2, 0) is 11.3 Å². The van der Waals surface area contributed by atoms with Gasteiger partial charge >= 0.3 is 0 Å². The monoisotopic (exact) mass is 358 g/mol. The maximum absolute atomic E-state index is 12.3. The number of piperazine rings is 1. The maximum Gasteiger partial charge on any atom is 0.260 e. The second-order valence-electron chi connectivity index (χ2n) is 6.33. The summed E-state index contributed by atoms with van der Waals surface area (Å²) in [5.74, 6) is 0.696. The Hall–Kier alpha value is -2.04. The normalized spacial score (nSPS) is 15.2. The van der Waals surface area contributed by atoms with E-state index in [0.29, 0.717) is 10.8 Å². The van der Waals surface area contributed by atoms with Crippen molar-refractivity contribution < 1.29 is 9.53 Å². The van der Waals surface area contributed by atoms with E-state index in [9.17, 15) is 4.79 Å². The number of benzene rings is 2. The molecular weight excluding hydrogens is 336 g/mol. The fourth-order valence-electron chi connectivity index (χ4n) is 2.95. The molecule has 0 aliphatic carbocycles. The third-order valence-electron chi connectivity index (χ3n) is 4.56. The van der Waals surface area contributed by atoms with Crippen molar-refractivity contribution in [2.45, 2.75) is 13.5 Å². The summed E-state index contributed by atoms with van der Waals surface area (Å²) < 4.78 is 5.55. The van der Waals surface area contributed by atoms with Crippen LogP contribution in [0.3, 0.4) is 0 Å². The zero-order valence-corrected chi connectivity index (χ0v) is 15.2. The van der Waals surface area contributed by atoms with Gasteiger partial charge in [0.2, 0.25) is 0 Å². The second-order valence-corrected chi connectivity index (χ2v) is 6.76. The molecule has 1 saturated heterocycles. The van der Waals surface area contributed by atoms with E-state index in [0.717, 1.165) is 32.7 Å². The Labute approximate surface area is 154 Å². The summed E-state index contributed by atoms with van der Waals surface area (Å²) in [6.45, 7) is 6.42. The van der Waals surface area contributed by atoms with E-state index in [4.69, 9.17) is 16.3 Å². The van der Waals surface area contributed by atoms with Crippen LogP contribution < -0.4 is 4.74 Å². The van der Waals surface area contributed by atoms with Gasteiger partial charge in [-0.1, -0.05) is 35.9 Å². The fourth-order valence-corrected chi connectivity index (χ4v) is 3.08. The third-order valence-corrected chi connectivity index (χ3v) is 4.81. The van der Waals surface area contributed by atoms with Crippen molar-refractivity contribution in [2.75, 3.05) is 32.8 Å². The molecule has 5 heteroatoms. The van der Waals surface area contributed by atoms with Gasteiger partial charge in [-0.2, -0.15) is 0 Å². The standard InChI is InChI=1S/C20H23ClN2O2/c1-16-4-2-3-5-17(16)14-22-10-12-23(13-11-22)20(24)15-25-19-8-6-18(21)7-9-19/h2-9H,10-15H2,1H3. The molecule has 0 spiro atoms. The highest BCUT2D eigenvalue weighted by molar-refractivity contribution is 6.30. The average molecular weight is 359 g/mol. The minimum atomic E-state index is 0.0329. The first-order chi connectivity index (χ1) is 12.1. The predicted octanol–water partition coefficient (Wildman–Crippen LogP) is 3.37. The van der Waals surface area contributed by atoms with E-state index >= 15 is 0 Å². The largest absolute Gasteiger partial charge is 0.484 e. The Morgan fingerprint density at radius 2 is 1.72 bits per heavy atom. The first-order valence-corrected chi connectivity index (χ1v) is 8.92. The number of nitrogens with zero attached hydrogens (tertiary/aromatic N) is 2. The molecule has 0 unspecified atom stereocenters. The Morgan fingerprint density at radius 1 is 1.04 bits per heavy atom. The number of aryl methyl sites for hydroxylation is 1. The molecule has 0 bridgehead atoms. The smallest absolute Gasteiger partial charge is 0.260 e.